The van der Waals surface area contributed by atoms with Crippen molar-refractivity contribution in [3.8, 4) is 0 Å². The van der Waals surface area contributed by atoms with Crippen LogP contribution in [0.2, 0.25) is 0 Å². The molecule has 0 bridgehead atoms. The highest BCUT2D eigenvalue weighted by Crippen LogP contribution is 2.34. The van der Waals surface area contributed by atoms with Crippen molar-refractivity contribution in [2.24, 2.45) is 5.92 Å². The average molecular weight is 355 g/mol. The van der Waals surface area contributed by atoms with E-state index in [1.54, 1.807) is 0 Å². The van der Waals surface area contributed by atoms with Crippen LogP contribution in [0.25, 0.3) is 0 Å². The van der Waals surface area contributed by atoms with Crippen molar-refractivity contribution >= 4 is 10.1 Å². The molecule has 0 saturated heterocycles. The Morgan fingerprint density at radius 1 is 1.08 bits per heavy atom. The Balaban J connectivity index is 1.75. The summed E-state index contributed by atoms with van der Waals surface area (Å²) in [6, 6.07) is 0. The van der Waals surface area contributed by atoms with Crippen LogP contribution in [0, 0.1) is 5.92 Å². The maximum Gasteiger partial charge on any atom is 0.264 e. The van der Waals surface area contributed by atoms with Crippen molar-refractivity contribution in [2.45, 2.75) is 70.6 Å². The lowest BCUT2D eigenvalue weighted by Gasteiger charge is -2.27. The van der Waals surface area contributed by atoms with Gasteiger partial charge in [-0.3, -0.25) is 4.18 Å². The molecule has 1 saturated carbocycles. The minimum absolute atomic E-state index is 0.309. The number of unbranched alkanes of at least 4 members (excludes halogenated alkanes) is 3. The Hall–Kier alpha value is -1.01. The van der Waals surface area contributed by atoms with E-state index in [0.29, 0.717) is 18.4 Å². The molecule has 1 aliphatic carbocycles. The second kappa shape index (κ2) is 9.47. The lowest BCUT2D eigenvalue weighted by Crippen LogP contribution is -2.20. The lowest BCUT2D eigenvalue weighted by atomic mass is 9.82. The molecule has 1 heterocycles. The molecule has 0 aliphatic heterocycles. The standard InChI is InChI=1S/C18H30N2O3S/c1-3-4-5-6-7-16-12-19-18(20-13-16)17-10-8-15(9-11-17)14-23-24(2,21)22/h12-13,15,17H,3-11,14H2,1-2H3. The van der Waals surface area contributed by atoms with Gasteiger partial charge < -0.3 is 0 Å². The molecular weight excluding hydrogens is 324 g/mol. The largest absolute Gasteiger partial charge is 0.270 e. The van der Waals surface area contributed by atoms with E-state index >= 15 is 0 Å². The summed E-state index contributed by atoms with van der Waals surface area (Å²) in [4.78, 5) is 9.15. The van der Waals surface area contributed by atoms with Crippen LogP contribution in [-0.2, 0) is 20.7 Å². The van der Waals surface area contributed by atoms with Crippen LogP contribution in [-0.4, -0.2) is 31.2 Å². The molecule has 1 fully saturated rings. The van der Waals surface area contributed by atoms with Gasteiger partial charge in [0.2, 0.25) is 0 Å². The SMILES string of the molecule is CCCCCCc1cnc(C2CCC(COS(C)(=O)=O)CC2)nc1. The number of hydrogen-bond acceptors (Lipinski definition) is 5. The molecule has 0 atom stereocenters. The number of hydrogen-bond donors (Lipinski definition) is 0. The van der Waals surface area contributed by atoms with Crippen molar-refractivity contribution in [3.63, 3.8) is 0 Å². The fourth-order valence-corrected chi connectivity index (χ4v) is 3.71. The van der Waals surface area contributed by atoms with E-state index in [2.05, 4.69) is 16.9 Å². The first-order valence-electron chi connectivity index (χ1n) is 9.13. The molecule has 136 valence electrons. The summed E-state index contributed by atoms with van der Waals surface area (Å²) in [7, 11) is -3.33. The summed E-state index contributed by atoms with van der Waals surface area (Å²) in [5, 5.41) is 0. The third-order valence-corrected chi connectivity index (χ3v) is 5.34. The third-order valence-electron chi connectivity index (χ3n) is 4.77. The van der Waals surface area contributed by atoms with Gasteiger partial charge in [-0.25, -0.2) is 9.97 Å². The number of rotatable bonds is 9. The molecule has 1 aromatic rings. The first-order valence-corrected chi connectivity index (χ1v) is 10.9. The zero-order chi connectivity index (χ0) is 17.4. The van der Waals surface area contributed by atoms with Crippen LogP contribution in [0.3, 0.4) is 0 Å². The van der Waals surface area contributed by atoms with Crippen LogP contribution >= 0.6 is 0 Å². The van der Waals surface area contributed by atoms with E-state index in [4.69, 9.17) is 4.18 Å². The molecule has 2 rings (SSSR count). The summed E-state index contributed by atoms with van der Waals surface area (Å²) in [6.45, 7) is 2.53. The van der Waals surface area contributed by atoms with Gasteiger partial charge in [-0.15, -0.1) is 0 Å². The van der Waals surface area contributed by atoms with Crippen LogP contribution in [0.1, 0.15) is 75.6 Å². The molecule has 5 nitrogen and oxygen atoms in total. The van der Waals surface area contributed by atoms with E-state index in [1.807, 2.05) is 12.4 Å². The molecule has 6 heteroatoms. The molecule has 1 aliphatic rings. The van der Waals surface area contributed by atoms with Gasteiger partial charge in [0.15, 0.2) is 0 Å². The van der Waals surface area contributed by atoms with Gasteiger partial charge in [-0.1, -0.05) is 26.2 Å². The highest BCUT2D eigenvalue weighted by molar-refractivity contribution is 7.85. The number of nitrogens with zero attached hydrogens (tertiary/aromatic N) is 2. The van der Waals surface area contributed by atoms with Crippen molar-refractivity contribution in [1.29, 1.82) is 0 Å². The van der Waals surface area contributed by atoms with E-state index in [-0.39, 0.29) is 0 Å². The second-order valence-corrected chi connectivity index (χ2v) is 8.61. The van der Waals surface area contributed by atoms with Crippen LogP contribution in [0.5, 0.6) is 0 Å². The van der Waals surface area contributed by atoms with E-state index in [9.17, 15) is 8.42 Å². The van der Waals surface area contributed by atoms with Gasteiger partial charge in [0.25, 0.3) is 10.1 Å². The minimum atomic E-state index is -3.33. The molecule has 0 unspecified atom stereocenters. The zero-order valence-corrected chi connectivity index (χ0v) is 15.7. The van der Waals surface area contributed by atoms with Gasteiger partial charge in [-0.2, -0.15) is 8.42 Å². The highest BCUT2D eigenvalue weighted by atomic mass is 32.2. The molecule has 0 radical (unpaired) electrons. The molecule has 0 N–H and O–H groups in total. The quantitative estimate of drug-likeness (QED) is 0.498. The average Bonchev–Trinajstić information content (AvgIpc) is 2.57. The van der Waals surface area contributed by atoms with Crippen molar-refractivity contribution in [1.82, 2.24) is 9.97 Å². The van der Waals surface area contributed by atoms with Gasteiger partial charge in [-0.05, 0) is 50.0 Å². The smallest absolute Gasteiger partial charge is 0.264 e. The monoisotopic (exact) mass is 354 g/mol. The summed E-state index contributed by atoms with van der Waals surface area (Å²) >= 11 is 0. The normalized spacial score (nSPS) is 21.8. The highest BCUT2D eigenvalue weighted by Gasteiger charge is 2.25. The van der Waals surface area contributed by atoms with Gasteiger partial charge in [0.05, 0.1) is 12.9 Å². The maximum atomic E-state index is 11.1. The molecule has 0 spiro atoms. The van der Waals surface area contributed by atoms with Crippen molar-refractivity contribution in [2.75, 3.05) is 12.9 Å². The lowest BCUT2D eigenvalue weighted by molar-refractivity contribution is 0.204. The zero-order valence-electron chi connectivity index (χ0n) is 14.9. The Morgan fingerprint density at radius 2 is 1.75 bits per heavy atom. The fourth-order valence-electron chi connectivity index (χ4n) is 3.27. The number of aryl methyl sites for hydroxylation is 1. The summed E-state index contributed by atoms with van der Waals surface area (Å²) in [6.07, 6.45) is 15.1. The Morgan fingerprint density at radius 3 is 2.33 bits per heavy atom. The third kappa shape index (κ3) is 6.85. The molecular formula is C18H30N2O3S. The predicted molar refractivity (Wildman–Crippen MR) is 95.4 cm³/mol. The summed E-state index contributed by atoms with van der Waals surface area (Å²) in [5.41, 5.74) is 1.23. The van der Waals surface area contributed by atoms with E-state index in [1.165, 1.54) is 31.2 Å². The van der Waals surface area contributed by atoms with Crippen LogP contribution in [0.15, 0.2) is 12.4 Å². The Labute approximate surface area is 146 Å². The van der Waals surface area contributed by atoms with Crippen LogP contribution < -0.4 is 0 Å². The minimum Gasteiger partial charge on any atom is -0.270 e. The second-order valence-electron chi connectivity index (χ2n) is 6.97. The molecule has 1 aromatic heterocycles. The first-order chi connectivity index (χ1) is 11.5. The topological polar surface area (TPSA) is 69.2 Å². The number of aromatic nitrogens is 2. The molecule has 0 aromatic carbocycles. The predicted octanol–water partition coefficient (Wildman–Crippen LogP) is 3.85. The maximum absolute atomic E-state index is 11.1. The molecule has 0 amide bonds. The van der Waals surface area contributed by atoms with E-state index in [0.717, 1.165) is 44.2 Å². The van der Waals surface area contributed by atoms with Crippen molar-refractivity contribution < 1.29 is 12.6 Å². The van der Waals surface area contributed by atoms with Gasteiger partial charge >= 0.3 is 0 Å². The van der Waals surface area contributed by atoms with Gasteiger partial charge in [0, 0.05) is 18.3 Å². The van der Waals surface area contributed by atoms with E-state index < -0.39 is 10.1 Å². The van der Waals surface area contributed by atoms with Gasteiger partial charge in [0.1, 0.15) is 5.82 Å². The first kappa shape index (κ1) is 19.3. The summed E-state index contributed by atoms with van der Waals surface area (Å²) in [5.74, 6) is 1.66. The van der Waals surface area contributed by atoms with Crippen LogP contribution in [0.4, 0.5) is 0 Å². The summed E-state index contributed by atoms with van der Waals surface area (Å²) < 4.78 is 27.0. The fraction of sp³-hybridized carbons (Fsp3) is 0.778. The Kier molecular flexibility index (Phi) is 7.62. The Bertz CT molecular complexity index is 579. The molecule has 24 heavy (non-hydrogen) atoms. The van der Waals surface area contributed by atoms with Crippen molar-refractivity contribution in [3.05, 3.63) is 23.8 Å².